The lowest BCUT2D eigenvalue weighted by atomic mass is 10.1. The van der Waals surface area contributed by atoms with Crippen molar-refractivity contribution >= 4 is 17.7 Å². The Morgan fingerprint density at radius 1 is 1.33 bits per heavy atom. The topological polar surface area (TPSA) is 98.9 Å². The zero-order chi connectivity index (χ0) is 13.7. The number of methoxy groups -OCH3 is 2. The summed E-state index contributed by atoms with van der Waals surface area (Å²) in [7, 11) is 2.67. The molecule has 1 aromatic carbocycles. The summed E-state index contributed by atoms with van der Waals surface area (Å²) in [5.74, 6) is -0.824. The molecule has 0 aromatic heterocycles. The fraction of sp³-hybridized carbons (Fsp3) is 0.182. The van der Waals surface area contributed by atoms with Crippen LogP contribution >= 0.6 is 0 Å². The average molecular weight is 253 g/mol. The third kappa shape index (κ3) is 2.97. The SMILES string of the molecule is COc1cc(OC)c([N+](=O)[O-])cc1/C=C/C(=O)O. The number of carboxylic acid groups (broad SMARTS) is 1. The zero-order valence-electron chi connectivity index (χ0n) is 9.75. The molecule has 1 rings (SSSR count). The summed E-state index contributed by atoms with van der Waals surface area (Å²) in [5, 5.41) is 19.3. The van der Waals surface area contributed by atoms with Crippen LogP contribution in [0.25, 0.3) is 6.08 Å². The first kappa shape index (κ1) is 13.5. The highest BCUT2D eigenvalue weighted by Crippen LogP contribution is 2.34. The fourth-order valence-corrected chi connectivity index (χ4v) is 1.34. The lowest BCUT2D eigenvalue weighted by Gasteiger charge is -2.08. The molecule has 0 aliphatic rings. The van der Waals surface area contributed by atoms with Crippen LogP contribution in [0.15, 0.2) is 18.2 Å². The molecule has 0 fully saturated rings. The van der Waals surface area contributed by atoms with Crippen LogP contribution in [0, 0.1) is 10.1 Å². The van der Waals surface area contributed by atoms with Crippen LogP contribution in [0.1, 0.15) is 5.56 Å². The van der Waals surface area contributed by atoms with E-state index in [-0.39, 0.29) is 22.7 Å². The number of nitro groups is 1. The maximum atomic E-state index is 10.8. The molecule has 0 amide bonds. The van der Waals surface area contributed by atoms with Gasteiger partial charge in [0, 0.05) is 23.8 Å². The monoisotopic (exact) mass is 253 g/mol. The Balaban J connectivity index is 3.36. The second-order valence-electron chi connectivity index (χ2n) is 3.19. The maximum absolute atomic E-state index is 10.8. The van der Waals surface area contributed by atoms with Crippen molar-refractivity contribution in [1.82, 2.24) is 0 Å². The first-order valence-corrected chi connectivity index (χ1v) is 4.81. The van der Waals surface area contributed by atoms with Gasteiger partial charge in [-0.25, -0.2) is 4.79 Å². The minimum absolute atomic E-state index is 0.0457. The predicted molar refractivity (Wildman–Crippen MR) is 62.9 cm³/mol. The molecular weight excluding hydrogens is 242 g/mol. The summed E-state index contributed by atoms with van der Waals surface area (Å²) < 4.78 is 9.88. The number of benzene rings is 1. The lowest BCUT2D eigenvalue weighted by Crippen LogP contribution is -1.97. The molecule has 0 aliphatic carbocycles. The summed E-state index contributed by atoms with van der Waals surface area (Å²) in [4.78, 5) is 20.6. The van der Waals surface area contributed by atoms with Gasteiger partial charge in [0.1, 0.15) is 5.75 Å². The fourth-order valence-electron chi connectivity index (χ4n) is 1.34. The molecule has 0 heterocycles. The van der Waals surface area contributed by atoms with Gasteiger partial charge in [-0.3, -0.25) is 10.1 Å². The van der Waals surface area contributed by atoms with Crippen LogP contribution in [0.4, 0.5) is 5.69 Å². The number of hydrogen-bond acceptors (Lipinski definition) is 5. The van der Waals surface area contributed by atoms with Gasteiger partial charge in [0.05, 0.1) is 19.1 Å². The standard InChI is InChI=1S/C11H11NO6/c1-17-9-6-10(18-2)8(12(15)16)5-7(9)3-4-11(13)14/h3-6H,1-2H3,(H,13,14)/b4-3+. The van der Waals surface area contributed by atoms with E-state index in [0.717, 1.165) is 6.08 Å². The molecule has 0 atom stereocenters. The molecule has 1 N–H and O–H groups in total. The molecule has 0 saturated heterocycles. The Hall–Kier alpha value is -2.57. The molecule has 0 radical (unpaired) electrons. The van der Waals surface area contributed by atoms with Gasteiger partial charge in [-0.15, -0.1) is 0 Å². The van der Waals surface area contributed by atoms with E-state index in [9.17, 15) is 14.9 Å². The van der Waals surface area contributed by atoms with Crippen molar-refractivity contribution < 1.29 is 24.3 Å². The molecule has 0 saturated carbocycles. The average Bonchev–Trinajstić information content (AvgIpc) is 2.34. The lowest BCUT2D eigenvalue weighted by molar-refractivity contribution is -0.385. The van der Waals surface area contributed by atoms with E-state index in [4.69, 9.17) is 14.6 Å². The molecular formula is C11H11NO6. The van der Waals surface area contributed by atoms with Crippen molar-refractivity contribution in [3.63, 3.8) is 0 Å². The summed E-state index contributed by atoms with van der Waals surface area (Å²) in [6.07, 6.45) is 2.08. The largest absolute Gasteiger partial charge is 0.496 e. The Morgan fingerprint density at radius 2 is 1.94 bits per heavy atom. The summed E-state index contributed by atoms with van der Waals surface area (Å²) >= 11 is 0. The van der Waals surface area contributed by atoms with Gasteiger partial charge >= 0.3 is 11.7 Å². The number of aliphatic carboxylic acids is 1. The van der Waals surface area contributed by atoms with Crippen molar-refractivity contribution in [2.24, 2.45) is 0 Å². The number of ether oxygens (including phenoxy) is 2. The van der Waals surface area contributed by atoms with E-state index in [1.54, 1.807) is 0 Å². The van der Waals surface area contributed by atoms with Crippen LogP contribution in [0.2, 0.25) is 0 Å². The van der Waals surface area contributed by atoms with Crippen LogP contribution in [-0.4, -0.2) is 30.2 Å². The second-order valence-corrected chi connectivity index (χ2v) is 3.19. The van der Waals surface area contributed by atoms with Crippen LogP contribution in [0.5, 0.6) is 11.5 Å². The van der Waals surface area contributed by atoms with E-state index in [1.165, 1.54) is 32.4 Å². The molecule has 0 spiro atoms. The summed E-state index contributed by atoms with van der Waals surface area (Å²) in [6, 6.07) is 2.52. The van der Waals surface area contributed by atoms with Gasteiger partial charge < -0.3 is 14.6 Å². The summed E-state index contributed by atoms with van der Waals surface area (Å²) in [6.45, 7) is 0. The van der Waals surface area contributed by atoms with Gasteiger partial charge in [-0.1, -0.05) is 0 Å². The maximum Gasteiger partial charge on any atom is 0.328 e. The molecule has 7 nitrogen and oxygen atoms in total. The number of hydrogen-bond donors (Lipinski definition) is 1. The number of nitro benzene ring substituents is 1. The van der Waals surface area contributed by atoms with Gasteiger partial charge in [0.2, 0.25) is 5.75 Å². The highest BCUT2D eigenvalue weighted by Gasteiger charge is 2.18. The molecule has 96 valence electrons. The minimum atomic E-state index is -1.16. The highest BCUT2D eigenvalue weighted by atomic mass is 16.6. The van der Waals surface area contributed by atoms with Crippen molar-refractivity contribution in [1.29, 1.82) is 0 Å². The number of carbonyl (C=O) groups is 1. The molecule has 0 unspecified atom stereocenters. The number of carboxylic acids is 1. The van der Waals surface area contributed by atoms with Crippen molar-refractivity contribution in [3.8, 4) is 11.5 Å². The number of rotatable bonds is 5. The quantitative estimate of drug-likeness (QED) is 0.487. The second kappa shape index (κ2) is 5.67. The Kier molecular flexibility index (Phi) is 4.25. The Labute approximate surface area is 102 Å². The zero-order valence-corrected chi connectivity index (χ0v) is 9.75. The third-order valence-electron chi connectivity index (χ3n) is 2.13. The highest BCUT2D eigenvalue weighted by molar-refractivity contribution is 5.86. The molecule has 0 bridgehead atoms. The van der Waals surface area contributed by atoms with Crippen LogP contribution < -0.4 is 9.47 Å². The molecule has 0 aliphatic heterocycles. The normalized spacial score (nSPS) is 10.3. The minimum Gasteiger partial charge on any atom is -0.496 e. The first-order chi connectivity index (χ1) is 8.49. The smallest absolute Gasteiger partial charge is 0.328 e. The van der Waals surface area contributed by atoms with Gasteiger partial charge in [-0.05, 0) is 6.08 Å². The Bertz CT molecular complexity index is 509. The van der Waals surface area contributed by atoms with Crippen molar-refractivity contribution in [3.05, 3.63) is 33.9 Å². The van der Waals surface area contributed by atoms with E-state index in [1.807, 2.05) is 0 Å². The number of nitrogens with zero attached hydrogens (tertiary/aromatic N) is 1. The van der Waals surface area contributed by atoms with Gasteiger partial charge in [0.25, 0.3) is 0 Å². The first-order valence-electron chi connectivity index (χ1n) is 4.81. The molecule has 18 heavy (non-hydrogen) atoms. The predicted octanol–water partition coefficient (Wildman–Crippen LogP) is 1.71. The van der Waals surface area contributed by atoms with Crippen molar-refractivity contribution in [2.45, 2.75) is 0 Å². The van der Waals surface area contributed by atoms with E-state index in [2.05, 4.69) is 0 Å². The Morgan fingerprint density at radius 3 is 2.39 bits per heavy atom. The van der Waals surface area contributed by atoms with Crippen LogP contribution in [-0.2, 0) is 4.79 Å². The van der Waals surface area contributed by atoms with E-state index < -0.39 is 10.9 Å². The summed E-state index contributed by atoms with van der Waals surface area (Å²) in [5.41, 5.74) is 0.0238. The third-order valence-corrected chi connectivity index (χ3v) is 2.13. The van der Waals surface area contributed by atoms with E-state index >= 15 is 0 Å². The van der Waals surface area contributed by atoms with Gasteiger partial charge in [0.15, 0.2) is 0 Å². The van der Waals surface area contributed by atoms with Gasteiger partial charge in [-0.2, -0.15) is 0 Å². The molecule has 7 heteroatoms. The van der Waals surface area contributed by atoms with E-state index in [0.29, 0.717) is 0 Å². The molecule has 1 aromatic rings. The van der Waals surface area contributed by atoms with Crippen molar-refractivity contribution in [2.75, 3.05) is 14.2 Å². The van der Waals surface area contributed by atoms with Crippen LogP contribution in [0.3, 0.4) is 0 Å².